The summed E-state index contributed by atoms with van der Waals surface area (Å²) in [5.74, 6) is 0.264. The van der Waals surface area contributed by atoms with Gasteiger partial charge in [0, 0.05) is 48.0 Å². The predicted molar refractivity (Wildman–Crippen MR) is 113 cm³/mol. The molecule has 0 spiro atoms. The highest BCUT2D eigenvalue weighted by Crippen LogP contribution is 2.37. The zero-order chi connectivity index (χ0) is 20.4. The first-order valence-electron chi connectivity index (χ1n) is 9.30. The highest BCUT2D eigenvalue weighted by atomic mass is 35.5. The molecule has 1 heterocycles. The normalized spacial score (nSPS) is 16.9. The fourth-order valence-corrected chi connectivity index (χ4v) is 3.89. The summed E-state index contributed by atoms with van der Waals surface area (Å²) in [5, 5.41) is 21.9. The van der Waals surface area contributed by atoms with Crippen molar-refractivity contribution in [1.82, 2.24) is 4.90 Å². The number of halogens is 1. The number of anilines is 1. The van der Waals surface area contributed by atoms with Crippen molar-refractivity contribution >= 4 is 23.0 Å². The van der Waals surface area contributed by atoms with Crippen molar-refractivity contribution in [1.29, 1.82) is 0 Å². The van der Waals surface area contributed by atoms with Gasteiger partial charge in [-0.1, -0.05) is 29.8 Å². The van der Waals surface area contributed by atoms with Crippen LogP contribution in [0.4, 0.5) is 11.4 Å². The number of non-ortho nitro benzene ring substituents is 1. The lowest BCUT2D eigenvalue weighted by molar-refractivity contribution is -0.384. The van der Waals surface area contributed by atoms with E-state index in [1.165, 1.54) is 12.1 Å². The van der Waals surface area contributed by atoms with Gasteiger partial charge in [-0.15, -0.1) is 0 Å². The number of aromatic hydroxyl groups is 1. The van der Waals surface area contributed by atoms with Gasteiger partial charge in [0.1, 0.15) is 11.9 Å². The lowest BCUT2D eigenvalue weighted by Gasteiger charge is -2.32. The lowest BCUT2D eigenvalue weighted by atomic mass is 10.1. The molecule has 1 aliphatic rings. The number of hydrogen-bond donors (Lipinski definition) is 1. The standard InChI is InChI=1S/C22H20ClN3O3/c23-18-7-11-19(12-8-18)25-14-13-24(15-17-3-1-2-4-21(17)27)22(25)16-5-9-20(10-6-16)26(28)29/h1-12,22,27H,13-15H2. The third kappa shape index (κ3) is 4.04. The Balaban J connectivity index is 1.69. The Morgan fingerprint density at radius 1 is 1.00 bits per heavy atom. The molecule has 7 heteroatoms. The quantitative estimate of drug-likeness (QED) is 0.475. The molecule has 0 bridgehead atoms. The van der Waals surface area contributed by atoms with Crippen molar-refractivity contribution in [2.45, 2.75) is 12.7 Å². The van der Waals surface area contributed by atoms with Crippen LogP contribution in [0, 0.1) is 10.1 Å². The first-order chi connectivity index (χ1) is 14.0. The van der Waals surface area contributed by atoms with Crippen LogP contribution in [0.3, 0.4) is 0 Å². The number of benzene rings is 3. The lowest BCUT2D eigenvalue weighted by Crippen LogP contribution is -2.30. The van der Waals surface area contributed by atoms with Crippen LogP contribution in [0.25, 0.3) is 0 Å². The van der Waals surface area contributed by atoms with E-state index in [-0.39, 0.29) is 17.6 Å². The fraction of sp³-hybridized carbons (Fsp3) is 0.182. The van der Waals surface area contributed by atoms with E-state index in [0.29, 0.717) is 11.6 Å². The molecule has 1 aliphatic heterocycles. The summed E-state index contributed by atoms with van der Waals surface area (Å²) in [6.45, 7) is 2.15. The molecule has 0 aliphatic carbocycles. The number of phenolic OH excluding ortho intramolecular Hbond substituents is 1. The molecule has 0 aromatic heterocycles. The molecule has 1 saturated heterocycles. The van der Waals surface area contributed by atoms with Crippen molar-refractivity contribution < 1.29 is 10.0 Å². The Morgan fingerprint density at radius 2 is 1.69 bits per heavy atom. The summed E-state index contributed by atoms with van der Waals surface area (Å²) < 4.78 is 0. The number of para-hydroxylation sites is 1. The number of phenols is 1. The first-order valence-corrected chi connectivity index (χ1v) is 9.68. The average Bonchev–Trinajstić information content (AvgIpc) is 3.14. The fourth-order valence-electron chi connectivity index (χ4n) is 3.77. The molecule has 1 unspecified atom stereocenters. The zero-order valence-corrected chi connectivity index (χ0v) is 16.4. The van der Waals surface area contributed by atoms with E-state index < -0.39 is 4.92 Å². The Kier molecular flexibility index (Phi) is 5.38. The zero-order valence-electron chi connectivity index (χ0n) is 15.6. The summed E-state index contributed by atoms with van der Waals surface area (Å²) >= 11 is 6.05. The molecule has 29 heavy (non-hydrogen) atoms. The SMILES string of the molecule is O=[N+]([O-])c1ccc(C2N(Cc3ccccc3O)CCN2c2ccc(Cl)cc2)cc1. The van der Waals surface area contributed by atoms with Gasteiger partial charge < -0.3 is 10.0 Å². The van der Waals surface area contributed by atoms with Crippen LogP contribution in [0.15, 0.2) is 72.8 Å². The van der Waals surface area contributed by atoms with E-state index in [1.54, 1.807) is 24.3 Å². The average molecular weight is 410 g/mol. The van der Waals surface area contributed by atoms with E-state index in [4.69, 9.17) is 11.6 Å². The van der Waals surface area contributed by atoms with Gasteiger partial charge in [-0.25, -0.2) is 0 Å². The summed E-state index contributed by atoms with van der Waals surface area (Å²) in [4.78, 5) is 15.1. The van der Waals surface area contributed by atoms with Gasteiger partial charge in [0.2, 0.25) is 0 Å². The topological polar surface area (TPSA) is 69.8 Å². The minimum atomic E-state index is -0.394. The monoisotopic (exact) mass is 409 g/mol. The number of rotatable bonds is 5. The molecule has 6 nitrogen and oxygen atoms in total. The minimum Gasteiger partial charge on any atom is -0.508 e. The maximum absolute atomic E-state index is 11.0. The Bertz CT molecular complexity index is 1010. The molecule has 4 rings (SSSR count). The molecule has 148 valence electrons. The van der Waals surface area contributed by atoms with Crippen LogP contribution >= 0.6 is 11.6 Å². The molecule has 1 fully saturated rings. The number of nitrogens with zero attached hydrogens (tertiary/aromatic N) is 3. The van der Waals surface area contributed by atoms with Crippen molar-refractivity contribution in [2.75, 3.05) is 18.0 Å². The van der Waals surface area contributed by atoms with Crippen LogP contribution in [-0.2, 0) is 6.54 Å². The summed E-state index contributed by atoms with van der Waals surface area (Å²) in [5.41, 5.74) is 2.89. The Morgan fingerprint density at radius 3 is 2.34 bits per heavy atom. The molecule has 0 radical (unpaired) electrons. The van der Waals surface area contributed by atoms with Crippen LogP contribution in [0.5, 0.6) is 5.75 Å². The van der Waals surface area contributed by atoms with E-state index in [9.17, 15) is 15.2 Å². The second kappa shape index (κ2) is 8.11. The predicted octanol–water partition coefficient (Wildman–Crippen LogP) is 4.97. The molecule has 1 N–H and O–H groups in total. The highest BCUT2D eigenvalue weighted by Gasteiger charge is 2.34. The highest BCUT2D eigenvalue weighted by molar-refractivity contribution is 6.30. The van der Waals surface area contributed by atoms with Crippen LogP contribution in [0.1, 0.15) is 17.3 Å². The van der Waals surface area contributed by atoms with Gasteiger partial charge >= 0.3 is 0 Å². The molecule has 3 aromatic carbocycles. The van der Waals surface area contributed by atoms with Crippen molar-refractivity contribution in [3.05, 3.63) is 99.1 Å². The third-order valence-electron chi connectivity index (χ3n) is 5.19. The molecule has 0 amide bonds. The minimum absolute atomic E-state index is 0.0667. The van der Waals surface area contributed by atoms with Crippen molar-refractivity contribution in [2.24, 2.45) is 0 Å². The van der Waals surface area contributed by atoms with Gasteiger partial charge in [0.25, 0.3) is 5.69 Å². The van der Waals surface area contributed by atoms with Crippen molar-refractivity contribution in [3.63, 3.8) is 0 Å². The number of nitro benzene ring substituents is 1. The molecule has 0 saturated carbocycles. The maximum atomic E-state index is 11.0. The van der Waals surface area contributed by atoms with E-state index >= 15 is 0 Å². The van der Waals surface area contributed by atoms with Gasteiger partial charge in [0.05, 0.1) is 4.92 Å². The van der Waals surface area contributed by atoms with E-state index in [1.807, 2.05) is 36.4 Å². The second-order valence-electron chi connectivity index (χ2n) is 6.99. The molecular weight excluding hydrogens is 390 g/mol. The largest absolute Gasteiger partial charge is 0.508 e. The van der Waals surface area contributed by atoms with Crippen LogP contribution < -0.4 is 4.90 Å². The van der Waals surface area contributed by atoms with E-state index in [2.05, 4.69) is 9.80 Å². The first kappa shape index (κ1) is 19.2. The molecular formula is C22H20ClN3O3. The van der Waals surface area contributed by atoms with Gasteiger partial charge in [-0.3, -0.25) is 15.0 Å². The Hall–Kier alpha value is -3.09. The number of nitro groups is 1. The summed E-state index contributed by atoms with van der Waals surface area (Å²) in [6.07, 6.45) is -0.114. The smallest absolute Gasteiger partial charge is 0.269 e. The molecule has 3 aromatic rings. The van der Waals surface area contributed by atoms with Gasteiger partial charge in [-0.2, -0.15) is 0 Å². The number of hydrogen-bond acceptors (Lipinski definition) is 5. The van der Waals surface area contributed by atoms with Crippen LogP contribution in [0.2, 0.25) is 5.02 Å². The maximum Gasteiger partial charge on any atom is 0.269 e. The van der Waals surface area contributed by atoms with Crippen LogP contribution in [-0.4, -0.2) is 28.0 Å². The van der Waals surface area contributed by atoms with E-state index in [0.717, 1.165) is 29.9 Å². The van der Waals surface area contributed by atoms with Gasteiger partial charge in [-0.05, 0) is 48.0 Å². The molecule has 1 atom stereocenters. The second-order valence-corrected chi connectivity index (χ2v) is 7.43. The Labute approximate surface area is 173 Å². The summed E-state index contributed by atoms with van der Waals surface area (Å²) in [7, 11) is 0. The summed E-state index contributed by atoms with van der Waals surface area (Å²) in [6, 6.07) is 21.6. The van der Waals surface area contributed by atoms with Gasteiger partial charge in [0.15, 0.2) is 0 Å². The van der Waals surface area contributed by atoms with Crippen molar-refractivity contribution in [3.8, 4) is 5.75 Å². The third-order valence-corrected chi connectivity index (χ3v) is 5.45.